The molecule has 0 amide bonds. The molecule has 0 fully saturated rings. The molecule has 0 aliphatic carbocycles. The highest BCUT2D eigenvalue weighted by Crippen LogP contribution is 2.10. The zero-order valence-corrected chi connectivity index (χ0v) is 10.2. The molecule has 0 aliphatic heterocycles. The second kappa shape index (κ2) is 6.62. The first-order valence-electron chi connectivity index (χ1n) is 5.99. The summed E-state index contributed by atoms with van der Waals surface area (Å²) in [4.78, 5) is 0. The average molecular weight is 205 g/mol. The summed E-state index contributed by atoms with van der Waals surface area (Å²) in [6.07, 6.45) is 4.97. The maximum absolute atomic E-state index is 3.39. The minimum absolute atomic E-state index is 0.676. The molecular weight excluding hydrogens is 182 g/mol. The van der Waals surface area contributed by atoms with E-state index in [1.807, 2.05) is 0 Å². The number of benzene rings is 1. The van der Waals surface area contributed by atoms with Gasteiger partial charge in [0.2, 0.25) is 0 Å². The van der Waals surface area contributed by atoms with Crippen LogP contribution in [0.4, 0.5) is 0 Å². The van der Waals surface area contributed by atoms with Crippen molar-refractivity contribution in [1.29, 1.82) is 0 Å². The lowest BCUT2D eigenvalue weighted by Crippen LogP contribution is -2.25. The molecule has 0 heterocycles. The van der Waals surface area contributed by atoms with E-state index >= 15 is 0 Å². The predicted octanol–water partition coefficient (Wildman–Crippen LogP) is 3.32. The Morgan fingerprint density at radius 2 is 2.07 bits per heavy atom. The molecule has 1 aromatic rings. The average Bonchev–Trinajstić information content (AvgIpc) is 2.24. The van der Waals surface area contributed by atoms with Gasteiger partial charge in [-0.2, -0.15) is 0 Å². The van der Waals surface area contributed by atoms with Gasteiger partial charge in [0.25, 0.3) is 0 Å². The quantitative estimate of drug-likeness (QED) is 0.751. The van der Waals surface area contributed by atoms with Gasteiger partial charge in [0.1, 0.15) is 0 Å². The lowest BCUT2D eigenvalue weighted by atomic mass is 10.0. The van der Waals surface area contributed by atoms with Gasteiger partial charge in [-0.25, -0.2) is 0 Å². The Balaban J connectivity index is 2.41. The fourth-order valence-electron chi connectivity index (χ4n) is 1.99. The van der Waals surface area contributed by atoms with Crippen LogP contribution in [0.2, 0.25) is 0 Å². The SMILES string of the molecule is CCCC(CCc1cccc(C)c1)NC. The van der Waals surface area contributed by atoms with E-state index in [9.17, 15) is 0 Å². The van der Waals surface area contributed by atoms with Crippen LogP contribution in [0.5, 0.6) is 0 Å². The predicted molar refractivity (Wildman–Crippen MR) is 67.3 cm³/mol. The minimum Gasteiger partial charge on any atom is -0.317 e. The van der Waals surface area contributed by atoms with Crippen LogP contribution < -0.4 is 5.32 Å². The zero-order chi connectivity index (χ0) is 11.1. The van der Waals surface area contributed by atoms with Crippen LogP contribution in [0, 0.1) is 6.92 Å². The molecule has 0 aliphatic rings. The third kappa shape index (κ3) is 4.48. The van der Waals surface area contributed by atoms with Crippen molar-refractivity contribution in [2.45, 2.75) is 45.6 Å². The number of hydrogen-bond acceptors (Lipinski definition) is 1. The second-order valence-corrected chi connectivity index (χ2v) is 4.30. The van der Waals surface area contributed by atoms with Gasteiger partial charge in [0, 0.05) is 6.04 Å². The van der Waals surface area contributed by atoms with E-state index in [0.29, 0.717) is 6.04 Å². The van der Waals surface area contributed by atoms with Crippen molar-refractivity contribution in [3.63, 3.8) is 0 Å². The van der Waals surface area contributed by atoms with Crippen molar-refractivity contribution in [3.05, 3.63) is 35.4 Å². The standard InChI is InChI=1S/C14H23N/c1-4-6-14(15-3)10-9-13-8-5-7-12(2)11-13/h5,7-8,11,14-15H,4,6,9-10H2,1-3H3. The molecule has 0 saturated carbocycles. The summed E-state index contributed by atoms with van der Waals surface area (Å²) in [6, 6.07) is 9.50. The van der Waals surface area contributed by atoms with Gasteiger partial charge < -0.3 is 5.32 Å². The van der Waals surface area contributed by atoms with Crippen LogP contribution in [0.3, 0.4) is 0 Å². The van der Waals surface area contributed by atoms with E-state index in [1.165, 1.54) is 36.8 Å². The third-order valence-electron chi connectivity index (χ3n) is 2.91. The van der Waals surface area contributed by atoms with Gasteiger partial charge in [-0.3, -0.25) is 0 Å². The van der Waals surface area contributed by atoms with Gasteiger partial charge in [0.05, 0.1) is 0 Å². The van der Waals surface area contributed by atoms with Crippen molar-refractivity contribution >= 4 is 0 Å². The van der Waals surface area contributed by atoms with Crippen LogP contribution in [-0.4, -0.2) is 13.1 Å². The maximum Gasteiger partial charge on any atom is 0.00671 e. The number of hydrogen-bond donors (Lipinski definition) is 1. The van der Waals surface area contributed by atoms with Gasteiger partial charge in [0.15, 0.2) is 0 Å². The van der Waals surface area contributed by atoms with E-state index < -0.39 is 0 Å². The molecule has 84 valence electrons. The number of rotatable bonds is 6. The Labute approximate surface area is 93.9 Å². The fraction of sp³-hybridized carbons (Fsp3) is 0.571. The monoisotopic (exact) mass is 205 g/mol. The summed E-state index contributed by atoms with van der Waals surface area (Å²) >= 11 is 0. The first-order valence-corrected chi connectivity index (χ1v) is 5.99. The fourth-order valence-corrected chi connectivity index (χ4v) is 1.99. The van der Waals surface area contributed by atoms with Crippen LogP contribution >= 0.6 is 0 Å². The molecule has 1 heteroatoms. The lowest BCUT2D eigenvalue weighted by Gasteiger charge is -2.14. The summed E-state index contributed by atoms with van der Waals surface area (Å²) in [5, 5.41) is 3.39. The largest absolute Gasteiger partial charge is 0.317 e. The van der Waals surface area contributed by atoms with Crippen molar-refractivity contribution in [2.75, 3.05) is 7.05 Å². The molecule has 15 heavy (non-hydrogen) atoms. The highest BCUT2D eigenvalue weighted by atomic mass is 14.9. The Morgan fingerprint density at radius 3 is 2.67 bits per heavy atom. The molecule has 0 spiro atoms. The first-order chi connectivity index (χ1) is 7.26. The Kier molecular flexibility index (Phi) is 5.41. The first kappa shape index (κ1) is 12.3. The molecule has 1 rings (SSSR count). The van der Waals surface area contributed by atoms with Crippen molar-refractivity contribution in [3.8, 4) is 0 Å². The second-order valence-electron chi connectivity index (χ2n) is 4.30. The van der Waals surface area contributed by atoms with Gasteiger partial charge in [-0.1, -0.05) is 43.2 Å². The lowest BCUT2D eigenvalue weighted by molar-refractivity contribution is 0.484. The summed E-state index contributed by atoms with van der Waals surface area (Å²) < 4.78 is 0. The topological polar surface area (TPSA) is 12.0 Å². The van der Waals surface area contributed by atoms with E-state index in [-0.39, 0.29) is 0 Å². The smallest absolute Gasteiger partial charge is 0.00671 e. The third-order valence-corrected chi connectivity index (χ3v) is 2.91. The Morgan fingerprint density at radius 1 is 1.27 bits per heavy atom. The zero-order valence-electron chi connectivity index (χ0n) is 10.2. The van der Waals surface area contributed by atoms with Crippen LogP contribution in [0.25, 0.3) is 0 Å². The van der Waals surface area contributed by atoms with E-state index in [1.54, 1.807) is 0 Å². The molecule has 0 saturated heterocycles. The van der Waals surface area contributed by atoms with Gasteiger partial charge >= 0.3 is 0 Å². The van der Waals surface area contributed by atoms with E-state index in [4.69, 9.17) is 0 Å². The van der Waals surface area contributed by atoms with Gasteiger partial charge in [-0.05, 0) is 38.8 Å². The Hall–Kier alpha value is -0.820. The number of aryl methyl sites for hydroxylation is 2. The molecule has 0 bridgehead atoms. The molecule has 1 unspecified atom stereocenters. The summed E-state index contributed by atoms with van der Waals surface area (Å²) in [5.41, 5.74) is 2.83. The van der Waals surface area contributed by atoms with E-state index in [2.05, 4.69) is 50.5 Å². The molecular formula is C14H23N. The molecule has 1 nitrogen and oxygen atoms in total. The highest BCUT2D eigenvalue weighted by molar-refractivity contribution is 5.22. The summed E-state index contributed by atoms with van der Waals surface area (Å²) in [6.45, 7) is 4.40. The van der Waals surface area contributed by atoms with Crippen molar-refractivity contribution in [1.82, 2.24) is 5.32 Å². The number of nitrogens with one attached hydrogen (secondary N) is 1. The summed E-state index contributed by atoms with van der Waals surface area (Å²) in [5.74, 6) is 0. The molecule has 0 radical (unpaired) electrons. The molecule has 0 aromatic heterocycles. The maximum atomic E-state index is 3.39. The molecule has 1 atom stereocenters. The molecule has 1 aromatic carbocycles. The van der Waals surface area contributed by atoms with Crippen molar-refractivity contribution < 1.29 is 0 Å². The van der Waals surface area contributed by atoms with Crippen LogP contribution in [0.15, 0.2) is 24.3 Å². The van der Waals surface area contributed by atoms with Gasteiger partial charge in [-0.15, -0.1) is 0 Å². The summed E-state index contributed by atoms with van der Waals surface area (Å²) in [7, 11) is 2.07. The van der Waals surface area contributed by atoms with Crippen LogP contribution in [-0.2, 0) is 6.42 Å². The normalized spacial score (nSPS) is 12.7. The highest BCUT2D eigenvalue weighted by Gasteiger charge is 2.04. The molecule has 1 N–H and O–H groups in total. The van der Waals surface area contributed by atoms with E-state index in [0.717, 1.165) is 0 Å². The van der Waals surface area contributed by atoms with Crippen LogP contribution in [0.1, 0.15) is 37.3 Å². The minimum atomic E-state index is 0.676. The Bertz CT molecular complexity index is 280. The van der Waals surface area contributed by atoms with Crippen molar-refractivity contribution in [2.24, 2.45) is 0 Å².